The molecular formula is C24H24N4O4. The number of carbonyl (C=O) groups excluding carboxylic acids is 2. The highest BCUT2D eigenvalue weighted by molar-refractivity contribution is 6.02. The summed E-state index contributed by atoms with van der Waals surface area (Å²) >= 11 is 0. The van der Waals surface area contributed by atoms with E-state index in [1.54, 1.807) is 24.3 Å². The first-order chi connectivity index (χ1) is 15.4. The van der Waals surface area contributed by atoms with Crippen molar-refractivity contribution in [1.29, 1.82) is 0 Å². The Kier molecular flexibility index (Phi) is 7.17. The summed E-state index contributed by atoms with van der Waals surface area (Å²) in [5.74, 6) is -0.543. The van der Waals surface area contributed by atoms with Gasteiger partial charge >= 0.3 is 6.03 Å². The fraction of sp³-hybridized carbons (Fsp3) is 0.167. The lowest BCUT2D eigenvalue weighted by atomic mass is 9.99. The van der Waals surface area contributed by atoms with Crippen LogP contribution in [0.1, 0.15) is 30.5 Å². The molecule has 3 aromatic rings. The highest BCUT2D eigenvalue weighted by atomic mass is 16.6. The number of hydrogen-bond donors (Lipinski definition) is 2. The number of rotatable bonds is 8. The Morgan fingerprint density at radius 2 is 1.62 bits per heavy atom. The van der Waals surface area contributed by atoms with Crippen LogP contribution in [0.15, 0.2) is 78.9 Å². The molecule has 0 heterocycles. The highest BCUT2D eigenvalue weighted by Crippen LogP contribution is 2.31. The van der Waals surface area contributed by atoms with E-state index in [4.69, 9.17) is 5.73 Å². The van der Waals surface area contributed by atoms with Gasteiger partial charge in [-0.3, -0.25) is 19.8 Å². The summed E-state index contributed by atoms with van der Waals surface area (Å²) in [5.41, 5.74) is 8.33. The molecule has 3 rings (SSSR count). The monoisotopic (exact) mass is 432 g/mol. The summed E-state index contributed by atoms with van der Waals surface area (Å²) in [4.78, 5) is 37.2. The number of nitrogens with one attached hydrogen (secondary N) is 1. The van der Waals surface area contributed by atoms with Gasteiger partial charge in [0.25, 0.3) is 5.69 Å². The van der Waals surface area contributed by atoms with Crippen LogP contribution in [0.25, 0.3) is 0 Å². The molecule has 3 N–H and O–H groups in total. The summed E-state index contributed by atoms with van der Waals surface area (Å²) in [7, 11) is 0. The molecule has 164 valence electrons. The summed E-state index contributed by atoms with van der Waals surface area (Å²) in [6.45, 7) is 2.05. The zero-order chi connectivity index (χ0) is 23.1. The molecule has 8 nitrogen and oxygen atoms in total. The minimum atomic E-state index is -0.640. The third kappa shape index (κ3) is 5.48. The van der Waals surface area contributed by atoms with Crippen molar-refractivity contribution in [2.24, 2.45) is 5.73 Å². The van der Waals surface area contributed by atoms with E-state index in [2.05, 4.69) is 5.32 Å². The first-order valence-corrected chi connectivity index (χ1v) is 10.2. The molecule has 0 aromatic heterocycles. The van der Waals surface area contributed by atoms with Gasteiger partial charge in [0.05, 0.1) is 17.4 Å². The number of hydrogen-bond acceptors (Lipinski definition) is 4. The molecule has 0 aliphatic carbocycles. The maximum atomic E-state index is 13.4. The van der Waals surface area contributed by atoms with Crippen LogP contribution in [0.5, 0.6) is 0 Å². The molecule has 3 aromatic carbocycles. The van der Waals surface area contributed by atoms with Gasteiger partial charge in [0.15, 0.2) is 0 Å². The van der Waals surface area contributed by atoms with E-state index in [9.17, 15) is 19.7 Å². The number of carbonyl (C=O) groups is 2. The normalized spacial score (nSPS) is 11.4. The Hall–Kier alpha value is -4.20. The number of nitro groups is 1. The number of non-ortho nitro benzene ring substituents is 1. The number of aryl methyl sites for hydroxylation is 1. The van der Waals surface area contributed by atoms with Gasteiger partial charge in [0, 0.05) is 23.5 Å². The van der Waals surface area contributed by atoms with E-state index in [1.807, 2.05) is 37.3 Å². The van der Waals surface area contributed by atoms with Gasteiger partial charge in [-0.05, 0) is 41.8 Å². The minimum Gasteiger partial charge on any atom is -0.370 e. The Balaban J connectivity index is 1.99. The Labute approximate surface area is 185 Å². The second kappa shape index (κ2) is 10.2. The quantitative estimate of drug-likeness (QED) is 0.392. The smallest absolute Gasteiger partial charge is 0.326 e. The first-order valence-electron chi connectivity index (χ1n) is 10.2. The van der Waals surface area contributed by atoms with Gasteiger partial charge in [-0.2, -0.15) is 0 Å². The second-order valence-electron chi connectivity index (χ2n) is 7.22. The average molecular weight is 432 g/mol. The van der Waals surface area contributed by atoms with Crippen LogP contribution >= 0.6 is 0 Å². The lowest BCUT2D eigenvalue weighted by Crippen LogP contribution is -2.40. The molecule has 1 unspecified atom stereocenters. The molecule has 0 spiro atoms. The topological polar surface area (TPSA) is 119 Å². The lowest BCUT2D eigenvalue weighted by molar-refractivity contribution is -0.384. The lowest BCUT2D eigenvalue weighted by Gasteiger charge is -2.32. The maximum absolute atomic E-state index is 13.4. The van der Waals surface area contributed by atoms with Crippen molar-refractivity contribution in [2.75, 3.05) is 10.2 Å². The van der Waals surface area contributed by atoms with E-state index in [0.717, 1.165) is 17.5 Å². The number of benzene rings is 3. The van der Waals surface area contributed by atoms with Crippen molar-refractivity contribution in [1.82, 2.24) is 0 Å². The molecule has 8 heteroatoms. The number of nitro benzene ring substituents is 1. The maximum Gasteiger partial charge on any atom is 0.326 e. The van der Waals surface area contributed by atoms with Crippen LogP contribution in [0.3, 0.4) is 0 Å². The van der Waals surface area contributed by atoms with Crippen LogP contribution in [-0.4, -0.2) is 16.9 Å². The number of anilines is 2. The predicted molar refractivity (Wildman–Crippen MR) is 123 cm³/mol. The first kappa shape index (κ1) is 22.5. The fourth-order valence-electron chi connectivity index (χ4n) is 3.40. The summed E-state index contributed by atoms with van der Waals surface area (Å²) < 4.78 is 0. The van der Waals surface area contributed by atoms with Crippen molar-refractivity contribution in [3.8, 4) is 0 Å². The van der Waals surface area contributed by atoms with Crippen molar-refractivity contribution in [2.45, 2.75) is 25.8 Å². The van der Waals surface area contributed by atoms with Crippen LogP contribution < -0.4 is 16.0 Å². The molecule has 0 radical (unpaired) electrons. The standard InChI is InChI=1S/C24H24N4O4/c1-2-17-8-10-18(11-9-17)22(16-23(25)29)27(20-6-4-3-5-7-20)24(30)26-19-12-14-21(15-13-19)28(31)32/h3-15,22H,2,16H2,1H3,(H2,25,29)(H,26,30). The summed E-state index contributed by atoms with van der Waals surface area (Å²) in [6, 6.07) is 21.1. The van der Waals surface area contributed by atoms with Gasteiger partial charge in [-0.25, -0.2) is 4.79 Å². The number of para-hydroxylation sites is 1. The number of amides is 3. The fourth-order valence-corrected chi connectivity index (χ4v) is 3.40. The third-order valence-electron chi connectivity index (χ3n) is 5.06. The second-order valence-corrected chi connectivity index (χ2v) is 7.22. The van der Waals surface area contributed by atoms with E-state index in [0.29, 0.717) is 11.4 Å². The number of nitrogens with zero attached hydrogens (tertiary/aromatic N) is 2. The van der Waals surface area contributed by atoms with Crippen LogP contribution in [0.2, 0.25) is 0 Å². The molecule has 0 aliphatic heterocycles. The van der Waals surface area contributed by atoms with Gasteiger partial charge in [-0.1, -0.05) is 49.4 Å². The number of nitrogens with two attached hydrogens (primary N) is 1. The van der Waals surface area contributed by atoms with E-state index < -0.39 is 22.9 Å². The Bertz CT molecular complexity index is 1080. The molecule has 0 fully saturated rings. The molecule has 0 aliphatic rings. The van der Waals surface area contributed by atoms with Crippen molar-refractivity contribution in [3.63, 3.8) is 0 Å². The van der Waals surface area contributed by atoms with Crippen LogP contribution in [0, 0.1) is 10.1 Å². The van der Waals surface area contributed by atoms with Crippen molar-refractivity contribution < 1.29 is 14.5 Å². The molecular weight excluding hydrogens is 408 g/mol. The number of urea groups is 1. The van der Waals surface area contributed by atoms with E-state index in [1.165, 1.54) is 29.2 Å². The van der Waals surface area contributed by atoms with Crippen LogP contribution in [0.4, 0.5) is 21.9 Å². The van der Waals surface area contributed by atoms with Gasteiger partial charge in [-0.15, -0.1) is 0 Å². The van der Waals surface area contributed by atoms with Gasteiger partial charge in [0.2, 0.25) is 5.91 Å². The van der Waals surface area contributed by atoms with Gasteiger partial charge < -0.3 is 11.1 Å². The highest BCUT2D eigenvalue weighted by Gasteiger charge is 2.28. The van der Waals surface area contributed by atoms with E-state index in [-0.39, 0.29) is 12.1 Å². The number of primary amides is 1. The SMILES string of the molecule is CCc1ccc(C(CC(N)=O)N(C(=O)Nc2ccc([N+](=O)[O-])cc2)c2ccccc2)cc1. The van der Waals surface area contributed by atoms with Crippen LogP contribution in [-0.2, 0) is 11.2 Å². The van der Waals surface area contributed by atoms with Crippen molar-refractivity contribution in [3.05, 3.63) is 100 Å². The molecule has 1 atom stereocenters. The zero-order valence-corrected chi connectivity index (χ0v) is 17.6. The third-order valence-corrected chi connectivity index (χ3v) is 5.06. The molecule has 3 amide bonds. The van der Waals surface area contributed by atoms with Crippen molar-refractivity contribution >= 4 is 29.0 Å². The summed E-state index contributed by atoms with van der Waals surface area (Å²) in [6.07, 6.45) is 0.790. The Morgan fingerprint density at radius 1 is 1.00 bits per heavy atom. The van der Waals surface area contributed by atoms with Gasteiger partial charge in [0.1, 0.15) is 0 Å². The summed E-state index contributed by atoms with van der Waals surface area (Å²) in [5, 5.41) is 13.7. The largest absolute Gasteiger partial charge is 0.370 e. The Morgan fingerprint density at radius 3 is 2.16 bits per heavy atom. The minimum absolute atomic E-state index is 0.0753. The molecule has 0 saturated carbocycles. The molecule has 0 saturated heterocycles. The molecule has 32 heavy (non-hydrogen) atoms. The van der Waals surface area contributed by atoms with E-state index >= 15 is 0 Å². The zero-order valence-electron chi connectivity index (χ0n) is 17.6. The predicted octanol–water partition coefficient (Wildman–Crippen LogP) is 4.81. The average Bonchev–Trinajstić information content (AvgIpc) is 2.79. The molecule has 0 bridgehead atoms.